The van der Waals surface area contributed by atoms with Gasteiger partial charge in [0.25, 0.3) is 0 Å². The van der Waals surface area contributed by atoms with Crippen LogP contribution < -0.4 is 0 Å². The normalized spacial score (nSPS) is 23.6. The van der Waals surface area contributed by atoms with Gasteiger partial charge in [0, 0.05) is 17.7 Å². The van der Waals surface area contributed by atoms with Crippen LogP contribution in [-0.4, -0.2) is 29.3 Å². The summed E-state index contributed by atoms with van der Waals surface area (Å²) in [5, 5.41) is 11.2. The predicted octanol–water partition coefficient (Wildman–Crippen LogP) is 3.15. The molecule has 27 heavy (non-hydrogen) atoms. The quantitative estimate of drug-likeness (QED) is 0.741. The molecule has 138 valence electrons. The third-order valence-corrected chi connectivity index (χ3v) is 7.05. The van der Waals surface area contributed by atoms with Crippen molar-refractivity contribution in [1.29, 1.82) is 0 Å². The highest BCUT2D eigenvalue weighted by Gasteiger charge is 2.40. The fraction of sp³-hybridized carbons (Fsp3) is 0.286. The van der Waals surface area contributed by atoms with Crippen molar-refractivity contribution >= 4 is 9.84 Å². The zero-order valence-corrected chi connectivity index (χ0v) is 15.7. The molecule has 1 aromatic heterocycles. The molecule has 0 spiro atoms. The SMILES string of the molecule is CS(=O)(=O)c1ccc2c(c1)[C@H](O)[C@@H](C1c3ccccc3-c3cncn31)CC2. The molecular weight excluding hydrogens is 360 g/mol. The van der Waals surface area contributed by atoms with E-state index in [-0.39, 0.29) is 16.9 Å². The third-order valence-electron chi connectivity index (χ3n) is 5.94. The molecule has 5 rings (SSSR count). The smallest absolute Gasteiger partial charge is 0.175 e. The maximum atomic E-state index is 12.0. The standard InChI is InChI=1S/C21H20N2O3S/c1-27(25,26)14-8-6-13-7-9-17(21(24)18(13)10-14)20-16-5-3-2-4-15(16)19-11-22-12-23(19)20/h2-6,8,10-12,17,20-21,24H,7,9H2,1H3/t17-,20?,21-/m1/s1. The first-order chi connectivity index (χ1) is 12.9. The Morgan fingerprint density at radius 1 is 1.15 bits per heavy atom. The molecule has 5 nitrogen and oxygen atoms in total. The number of imidazole rings is 1. The van der Waals surface area contributed by atoms with Crippen LogP contribution in [-0.2, 0) is 16.3 Å². The van der Waals surface area contributed by atoms with E-state index in [9.17, 15) is 13.5 Å². The molecule has 6 heteroatoms. The molecule has 1 unspecified atom stereocenters. The van der Waals surface area contributed by atoms with Crippen molar-refractivity contribution in [1.82, 2.24) is 9.55 Å². The first kappa shape index (κ1) is 16.7. The molecular formula is C21H20N2O3S. The fourth-order valence-corrected chi connectivity index (χ4v) is 5.31. The van der Waals surface area contributed by atoms with E-state index in [1.165, 1.54) is 11.8 Å². The summed E-state index contributed by atoms with van der Waals surface area (Å²) >= 11 is 0. The molecule has 1 aliphatic carbocycles. The van der Waals surface area contributed by atoms with Crippen molar-refractivity contribution < 1.29 is 13.5 Å². The van der Waals surface area contributed by atoms with Crippen LogP contribution in [0.5, 0.6) is 0 Å². The summed E-state index contributed by atoms with van der Waals surface area (Å²) in [4.78, 5) is 4.57. The van der Waals surface area contributed by atoms with Gasteiger partial charge in [0.2, 0.25) is 0 Å². The van der Waals surface area contributed by atoms with E-state index in [1.54, 1.807) is 12.1 Å². The van der Waals surface area contributed by atoms with Crippen LogP contribution in [0.2, 0.25) is 0 Å². The summed E-state index contributed by atoms with van der Waals surface area (Å²) in [6.07, 6.45) is 5.83. The second kappa shape index (κ2) is 5.78. The van der Waals surface area contributed by atoms with E-state index in [4.69, 9.17) is 0 Å². The third kappa shape index (κ3) is 2.47. The van der Waals surface area contributed by atoms with Crippen LogP contribution in [0.1, 0.15) is 35.3 Å². The number of aryl methyl sites for hydroxylation is 1. The number of hydrogen-bond acceptors (Lipinski definition) is 4. The highest BCUT2D eigenvalue weighted by atomic mass is 32.2. The van der Waals surface area contributed by atoms with Crippen molar-refractivity contribution in [2.75, 3.05) is 6.26 Å². The van der Waals surface area contributed by atoms with Gasteiger partial charge >= 0.3 is 0 Å². The summed E-state index contributed by atoms with van der Waals surface area (Å²) in [6.45, 7) is 0. The van der Waals surface area contributed by atoms with Crippen molar-refractivity contribution in [2.45, 2.75) is 29.9 Å². The number of fused-ring (bicyclic) bond motifs is 4. The fourth-order valence-electron chi connectivity index (χ4n) is 4.66. The van der Waals surface area contributed by atoms with Crippen LogP contribution in [0.15, 0.2) is 59.9 Å². The molecule has 3 aromatic rings. The second-order valence-electron chi connectivity index (χ2n) is 7.50. The van der Waals surface area contributed by atoms with E-state index in [2.05, 4.69) is 21.7 Å². The number of rotatable bonds is 2. The van der Waals surface area contributed by atoms with E-state index >= 15 is 0 Å². The number of nitrogens with zero attached hydrogens (tertiary/aromatic N) is 2. The molecule has 0 saturated carbocycles. The zero-order chi connectivity index (χ0) is 18.8. The maximum Gasteiger partial charge on any atom is 0.175 e. The molecule has 0 fully saturated rings. The topological polar surface area (TPSA) is 72.2 Å². The van der Waals surface area contributed by atoms with Crippen LogP contribution in [0.25, 0.3) is 11.3 Å². The maximum absolute atomic E-state index is 12.0. The average molecular weight is 380 g/mol. The van der Waals surface area contributed by atoms with Gasteiger partial charge < -0.3 is 9.67 Å². The monoisotopic (exact) mass is 380 g/mol. The molecule has 2 heterocycles. The first-order valence-corrected chi connectivity index (χ1v) is 11.0. The van der Waals surface area contributed by atoms with Gasteiger partial charge in [-0.05, 0) is 41.7 Å². The molecule has 1 aliphatic heterocycles. The lowest BCUT2D eigenvalue weighted by molar-refractivity contribution is 0.0718. The number of aliphatic hydroxyl groups excluding tert-OH is 1. The number of benzene rings is 2. The van der Waals surface area contributed by atoms with Crippen LogP contribution in [0.4, 0.5) is 0 Å². The van der Waals surface area contributed by atoms with E-state index in [0.717, 1.165) is 35.2 Å². The molecule has 3 atom stereocenters. The minimum Gasteiger partial charge on any atom is -0.388 e. The van der Waals surface area contributed by atoms with Crippen LogP contribution in [0.3, 0.4) is 0 Å². The van der Waals surface area contributed by atoms with E-state index in [1.807, 2.05) is 30.7 Å². The second-order valence-corrected chi connectivity index (χ2v) is 9.51. The predicted molar refractivity (Wildman–Crippen MR) is 102 cm³/mol. The largest absolute Gasteiger partial charge is 0.388 e. The van der Waals surface area contributed by atoms with Gasteiger partial charge in [0.15, 0.2) is 9.84 Å². The minimum atomic E-state index is -3.31. The molecule has 2 aromatic carbocycles. The van der Waals surface area contributed by atoms with Gasteiger partial charge in [0.1, 0.15) is 0 Å². The molecule has 0 saturated heterocycles. The molecule has 2 aliphatic rings. The van der Waals surface area contributed by atoms with Crippen LogP contribution >= 0.6 is 0 Å². The van der Waals surface area contributed by atoms with Crippen molar-refractivity contribution in [2.24, 2.45) is 5.92 Å². The number of aliphatic hydroxyl groups is 1. The Labute approximate surface area is 158 Å². The minimum absolute atomic E-state index is 0.00346. The molecule has 0 amide bonds. The van der Waals surface area contributed by atoms with Crippen LogP contribution in [0, 0.1) is 5.92 Å². The molecule has 0 bridgehead atoms. The Morgan fingerprint density at radius 3 is 2.78 bits per heavy atom. The van der Waals surface area contributed by atoms with Gasteiger partial charge in [0.05, 0.1) is 35.3 Å². The Morgan fingerprint density at radius 2 is 1.96 bits per heavy atom. The van der Waals surface area contributed by atoms with E-state index in [0.29, 0.717) is 0 Å². The van der Waals surface area contributed by atoms with Gasteiger partial charge in [-0.25, -0.2) is 13.4 Å². The summed E-state index contributed by atoms with van der Waals surface area (Å²) < 4.78 is 26.1. The zero-order valence-electron chi connectivity index (χ0n) is 14.9. The van der Waals surface area contributed by atoms with Crippen molar-refractivity contribution in [3.63, 3.8) is 0 Å². The van der Waals surface area contributed by atoms with Gasteiger partial charge in [-0.3, -0.25) is 0 Å². The number of sulfone groups is 1. The number of aromatic nitrogens is 2. The average Bonchev–Trinajstić information content (AvgIpc) is 3.23. The molecule has 1 N–H and O–H groups in total. The first-order valence-electron chi connectivity index (χ1n) is 9.07. The number of hydrogen-bond donors (Lipinski definition) is 1. The Balaban J connectivity index is 1.61. The Bertz CT molecular complexity index is 1150. The van der Waals surface area contributed by atoms with Gasteiger partial charge in [-0.15, -0.1) is 0 Å². The van der Waals surface area contributed by atoms with Crippen molar-refractivity contribution in [3.05, 3.63) is 71.7 Å². The Hall–Kier alpha value is -2.44. The summed E-state index contributed by atoms with van der Waals surface area (Å²) in [7, 11) is -3.31. The lowest BCUT2D eigenvalue weighted by Crippen LogP contribution is -2.28. The summed E-state index contributed by atoms with van der Waals surface area (Å²) in [6, 6.07) is 13.4. The summed E-state index contributed by atoms with van der Waals surface area (Å²) in [5.74, 6) is -0.0380. The Kier molecular flexibility index (Phi) is 3.58. The lowest BCUT2D eigenvalue weighted by atomic mass is 9.76. The highest BCUT2D eigenvalue weighted by molar-refractivity contribution is 7.90. The highest BCUT2D eigenvalue weighted by Crippen LogP contribution is 2.49. The summed E-state index contributed by atoms with van der Waals surface area (Å²) in [5.41, 5.74) is 5.19. The van der Waals surface area contributed by atoms with E-state index < -0.39 is 15.9 Å². The lowest BCUT2D eigenvalue weighted by Gasteiger charge is -2.35. The van der Waals surface area contributed by atoms with Gasteiger partial charge in [-0.2, -0.15) is 0 Å². The van der Waals surface area contributed by atoms with Crippen molar-refractivity contribution in [3.8, 4) is 11.3 Å². The molecule has 0 radical (unpaired) electrons. The van der Waals surface area contributed by atoms with Gasteiger partial charge in [-0.1, -0.05) is 30.3 Å².